The van der Waals surface area contributed by atoms with Crippen LogP contribution in [0.15, 0.2) is 26.6 Å². The van der Waals surface area contributed by atoms with Gasteiger partial charge in [-0.25, -0.2) is 0 Å². The maximum Gasteiger partial charge on any atom is 0.0843 e. The summed E-state index contributed by atoms with van der Waals surface area (Å²) in [5, 5.41) is 0. The van der Waals surface area contributed by atoms with Crippen LogP contribution < -0.4 is 0 Å². The second kappa shape index (κ2) is 5.17. The topological polar surface area (TPSA) is 3.24 Å². The molecule has 0 amide bonds. The maximum atomic E-state index is 3.47. The fourth-order valence-electron chi connectivity index (χ4n) is 0.872. The van der Waals surface area contributed by atoms with Crippen molar-refractivity contribution in [2.75, 3.05) is 14.1 Å². The lowest BCUT2D eigenvalue weighted by molar-refractivity contribution is 0.562. The van der Waals surface area contributed by atoms with Crippen molar-refractivity contribution in [3.63, 3.8) is 0 Å². The molecule has 0 aliphatic carbocycles. The second-order valence-corrected chi connectivity index (χ2v) is 6.20. The van der Waals surface area contributed by atoms with E-state index in [9.17, 15) is 0 Å². The Bertz CT molecular complexity index is 285. The number of rotatable bonds is 3. The summed E-state index contributed by atoms with van der Waals surface area (Å²) in [5.41, 5.74) is 0. The molecule has 1 rings (SSSR count). The average Bonchev–Trinajstić information content (AvgIpc) is 2.30. The van der Waals surface area contributed by atoms with Crippen molar-refractivity contribution in [1.29, 1.82) is 0 Å². The molecular formula is C9H11Br2NS. The third-order valence-electron chi connectivity index (χ3n) is 1.42. The number of halogens is 2. The van der Waals surface area contributed by atoms with Gasteiger partial charge in [0.25, 0.3) is 0 Å². The van der Waals surface area contributed by atoms with Crippen LogP contribution in [0.5, 0.6) is 0 Å². The summed E-state index contributed by atoms with van der Waals surface area (Å²) in [4.78, 5) is 3.40. The molecule has 0 saturated heterocycles. The van der Waals surface area contributed by atoms with Crippen molar-refractivity contribution in [1.82, 2.24) is 4.90 Å². The lowest BCUT2D eigenvalue weighted by atomic mass is 10.3. The van der Waals surface area contributed by atoms with Crippen LogP contribution in [0.2, 0.25) is 0 Å². The Morgan fingerprint density at radius 3 is 2.62 bits per heavy atom. The third kappa shape index (κ3) is 3.83. The van der Waals surface area contributed by atoms with Crippen LogP contribution in [0.1, 0.15) is 4.88 Å². The highest BCUT2D eigenvalue weighted by Crippen LogP contribution is 2.32. The predicted molar refractivity (Wildman–Crippen MR) is 66.3 cm³/mol. The van der Waals surface area contributed by atoms with E-state index < -0.39 is 0 Å². The van der Waals surface area contributed by atoms with Gasteiger partial charge in [0.05, 0.1) is 3.79 Å². The van der Waals surface area contributed by atoms with Gasteiger partial charge in [-0.2, -0.15) is 0 Å². The average molecular weight is 325 g/mol. The summed E-state index contributed by atoms with van der Waals surface area (Å²) in [6.07, 6.45) is 5.22. The van der Waals surface area contributed by atoms with E-state index in [1.807, 2.05) is 19.0 Å². The van der Waals surface area contributed by atoms with Gasteiger partial charge in [0.2, 0.25) is 0 Å². The lowest BCUT2D eigenvalue weighted by Crippen LogP contribution is -1.99. The van der Waals surface area contributed by atoms with Crippen LogP contribution in [-0.4, -0.2) is 19.0 Å². The van der Waals surface area contributed by atoms with E-state index in [4.69, 9.17) is 0 Å². The number of allylic oxidation sites excluding steroid dienone is 1. The highest BCUT2D eigenvalue weighted by atomic mass is 79.9. The van der Waals surface area contributed by atoms with E-state index in [0.717, 1.165) is 10.9 Å². The number of hydrogen-bond acceptors (Lipinski definition) is 2. The zero-order valence-electron chi connectivity index (χ0n) is 7.55. The molecule has 0 spiro atoms. The summed E-state index contributed by atoms with van der Waals surface area (Å²) in [6, 6.07) is 2.15. The molecule has 4 heteroatoms. The molecule has 0 aliphatic heterocycles. The van der Waals surface area contributed by atoms with Gasteiger partial charge in [-0.05, 0) is 44.1 Å². The van der Waals surface area contributed by atoms with Crippen LogP contribution in [-0.2, 0) is 6.42 Å². The first-order chi connectivity index (χ1) is 6.09. The Balaban J connectivity index is 2.55. The molecule has 0 aromatic carbocycles. The van der Waals surface area contributed by atoms with E-state index >= 15 is 0 Å². The smallest absolute Gasteiger partial charge is 0.0843 e. The Hall–Kier alpha value is 0.200. The maximum absolute atomic E-state index is 3.47. The highest BCUT2D eigenvalue weighted by molar-refractivity contribution is 9.13. The molecule has 1 heterocycles. The zero-order chi connectivity index (χ0) is 9.84. The summed E-state index contributed by atoms with van der Waals surface area (Å²) in [6.45, 7) is 0. The van der Waals surface area contributed by atoms with Gasteiger partial charge in [0, 0.05) is 29.9 Å². The zero-order valence-corrected chi connectivity index (χ0v) is 11.5. The van der Waals surface area contributed by atoms with Crippen LogP contribution >= 0.6 is 43.2 Å². The minimum absolute atomic E-state index is 0.993. The van der Waals surface area contributed by atoms with Gasteiger partial charge in [0.15, 0.2) is 0 Å². The SMILES string of the molecule is CN(C)C=CCc1cc(Br)c(Br)s1. The molecule has 0 fully saturated rings. The Morgan fingerprint density at radius 2 is 2.15 bits per heavy atom. The van der Waals surface area contributed by atoms with Gasteiger partial charge < -0.3 is 4.90 Å². The fraction of sp³-hybridized carbons (Fsp3) is 0.333. The van der Waals surface area contributed by atoms with E-state index in [2.05, 4.69) is 50.2 Å². The molecule has 1 aromatic rings. The van der Waals surface area contributed by atoms with Crippen LogP contribution in [0.25, 0.3) is 0 Å². The molecule has 0 atom stereocenters. The van der Waals surface area contributed by atoms with Crippen molar-refractivity contribution in [2.24, 2.45) is 0 Å². The summed E-state index contributed by atoms with van der Waals surface area (Å²) < 4.78 is 2.31. The van der Waals surface area contributed by atoms with Gasteiger partial charge in [0.1, 0.15) is 0 Å². The molecule has 0 saturated carbocycles. The van der Waals surface area contributed by atoms with Gasteiger partial charge in [-0.3, -0.25) is 0 Å². The second-order valence-electron chi connectivity index (χ2n) is 2.89. The first kappa shape index (κ1) is 11.3. The van der Waals surface area contributed by atoms with E-state index in [1.54, 1.807) is 11.3 Å². The molecule has 1 aromatic heterocycles. The lowest BCUT2D eigenvalue weighted by Gasteiger charge is -2.01. The van der Waals surface area contributed by atoms with Gasteiger partial charge in [-0.1, -0.05) is 6.08 Å². The Labute approximate surface area is 99.7 Å². The molecule has 1 nitrogen and oxygen atoms in total. The molecule has 0 radical (unpaired) electrons. The minimum atomic E-state index is 0.993. The predicted octanol–water partition coefficient (Wildman–Crippen LogP) is 3.89. The van der Waals surface area contributed by atoms with Crippen molar-refractivity contribution in [3.05, 3.63) is 31.5 Å². The largest absolute Gasteiger partial charge is 0.384 e. The molecule has 0 aliphatic rings. The Kier molecular flexibility index (Phi) is 4.49. The van der Waals surface area contributed by atoms with E-state index in [1.165, 1.54) is 8.66 Å². The quantitative estimate of drug-likeness (QED) is 0.815. The van der Waals surface area contributed by atoms with Crippen LogP contribution in [0.3, 0.4) is 0 Å². The first-order valence-electron chi connectivity index (χ1n) is 3.86. The molecule has 0 N–H and O–H groups in total. The number of nitrogens with zero attached hydrogens (tertiary/aromatic N) is 1. The summed E-state index contributed by atoms with van der Waals surface area (Å²) in [7, 11) is 4.05. The third-order valence-corrected chi connectivity index (χ3v) is 4.70. The first-order valence-corrected chi connectivity index (χ1v) is 6.26. The minimum Gasteiger partial charge on any atom is -0.384 e. The van der Waals surface area contributed by atoms with Crippen molar-refractivity contribution < 1.29 is 0 Å². The number of thiophene rings is 1. The highest BCUT2D eigenvalue weighted by Gasteiger charge is 2.01. The normalized spacial score (nSPS) is 11.1. The molecule has 0 unspecified atom stereocenters. The van der Waals surface area contributed by atoms with Crippen molar-refractivity contribution in [2.45, 2.75) is 6.42 Å². The van der Waals surface area contributed by atoms with Crippen molar-refractivity contribution in [3.8, 4) is 0 Å². The van der Waals surface area contributed by atoms with E-state index in [-0.39, 0.29) is 0 Å². The molecule has 13 heavy (non-hydrogen) atoms. The summed E-state index contributed by atoms with van der Waals surface area (Å²) >= 11 is 8.71. The van der Waals surface area contributed by atoms with Crippen molar-refractivity contribution >= 4 is 43.2 Å². The number of hydrogen-bond donors (Lipinski definition) is 0. The van der Waals surface area contributed by atoms with E-state index in [0.29, 0.717) is 0 Å². The Morgan fingerprint density at radius 1 is 1.46 bits per heavy atom. The monoisotopic (exact) mass is 323 g/mol. The summed E-state index contributed by atoms with van der Waals surface area (Å²) in [5.74, 6) is 0. The van der Waals surface area contributed by atoms with Gasteiger partial charge in [-0.15, -0.1) is 11.3 Å². The fourth-order valence-corrected chi connectivity index (χ4v) is 3.02. The molecular weight excluding hydrogens is 314 g/mol. The molecule has 0 bridgehead atoms. The van der Waals surface area contributed by atoms with Gasteiger partial charge >= 0.3 is 0 Å². The van der Waals surface area contributed by atoms with Crippen LogP contribution in [0, 0.1) is 0 Å². The molecule has 72 valence electrons. The standard InChI is InChI=1S/C9H11Br2NS/c1-12(2)5-3-4-7-6-8(10)9(11)13-7/h3,5-6H,4H2,1-2H3. The van der Waals surface area contributed by atoms with Crippen LogP contribution in [0.4, 0.5) is 0 Å².